The lowest BCUT2D eigenvalue weighted by molar-refractivity contribution is -0.148. The third-order valence-electron chi connectivity index (χ3n) is 5.97. The van der Waals surface area contributed by atoms with Crippen molar-refractivity contribution in [3.63, 3.8) is 0 Å². The third-order valence-corrected chi connectivity index (χ3v) is 5.97. The Labute approximate surface area is 167 Å². The van der Waals surface area contributed by atoms with Crippen LogP contribution in [0.2, 0.25) is 0 Å². The van der Waals surface area contributed by atoms with Gasteiger partial charge in [0.2, 0.25) is 5.91 Å². The number of hydrogen-bond donors (Lipinski definition) is 0. The van der Waals surface area contributed by atoms with Gasteiger partial charge in [0, 0.05) is 38.4 Å². The van der Waals surface area contributed by atoms with Gasteiger partial charge in [-0.1, -0.05) is 30.3 Å². The molecule has 28 heavy (non-hydrogen) atoms. The summed E-state index contributed by atoms with van der Waals surface area (Å²) < 4.78 is 8.05. The van der Waals surface area contributed by atoms with Crippen molar-refractivity contribution in [1.82, 2.24) is 19.6 Å². The van der Waals surface area contributed by atoms with E-state index < -0.39 is 0 Å². The highest BCUT2D eigenvalue weighted by atomic mass is 16.5. The molecule has 0 radical (unpaired) electrons. The maximum absolute atomic E-state index is 13.2. The van der Waals surface area contributed by atoms with Gasteiger partial charge in [0.15, 0.2) is 0 Å². The Kier molecular flexibility index (Phi) is 6.07. The number of rotatable bonds is 6. The SMILES string of the molecule is Cn1nccc1CCC(=O)N1CCO[C@@H](CN2CCCC2)[C@@H]1c1ccccc1. The summed E-state index contributed by atoms with van der Waals surface area (Å²) in [4.78, 5) is 17.7. The van der Waals surface area contributed by atoms with Gasteiger partial charge < -0.3 is 14.5 Å². The summed E-state index contributed by atoms with van der Waals surface area (Å²) in [5, 5.41) is 4.21. The third kappa shape index (κ3) is 4.28. The van der Waals surface area contributed by atoms with E-state index in [1.807, 2.05) is 23.9 Å². The standard InChI is InChI=1S/C22H30N4O2/c1-24-19(11-12-23-24)9-10-21(27)26-15-16-28-20(17-25-13-5-6-14-25)22(26)18-7-3-2-4-8-18/h2-4,7-8,11-12,20,22H,5-6,9-10,13-17H2,1H3/t20-,22-/m0/s1. The Balaban J connectivity index is 1.51. The first kappa shape index (κ1) is 19.2. The van der Waals surface area contributed by atoms with Crippen LogP contribution in [-0.4, -0.2) is 64.4 Å². The number of nitrogens with zero attached hydrogens (tertiary/aromatic N) is 4. The molecule has 3 heterocycles. The molecule has 0 saturated carbocycles. The number of likely N-dealkylation sites (tertiary alicyclic amines) is 1. The van der Waals surface area contributed by atoms with E-state index in [9.17, 15) is 4.79 Å². The Morgan fingerprint density at radius 2 is 1.93 bits per heavy atom. The minimum absolute atomic E-state index is 0.0189. The fourth-order valence-electron chi connectivity index (χ4n) is 4.46. The molecule has 6 heteroatoms. The summed E-state index contributed by atoms with van der Waals surface area (Å²) in [5.74, 6) is 0.199. The molecule has 150 valence electrons. The van der Waals surface area contributed by atoms with Crippen molar-refractivity contribution < 1.29 is 9.53 Å². The van der Waals surface area contributed by atoms with Crippen LogP contribution < -0.4 is 0 Å². The first-order valence-electron chi connectivity index (χ1n) is 10.4. The number of carbonyl (C=O) groups excluding carboxylic acids is 1. The quantitative estimate of drug-likeness (QED) is 0.770. The van der Waals surface area contributed by atoms with E-state index in [4.69, 9.17) is 4.74 Å². The van der Waals surface area contributed by atoms with Gasteiger partial charge in [-0.25, -0.2) is 0 Å². The second-order valence-corrected chi connectivity index (χ2v) is 7.81. The molecule has 0 spiro atoms. The largest absolute Gasteiger partial charge is 0.373 e. The summed E-state index contributed by atoms with van der Waals surface area (Å²) in [6.45, 7) is 4.43. The second kappa shape index (κ2) is 8.88. The number of aromatic nitrogens is 2. The molecule has 6 nitrogen and oxygen atoms in total. The average Bonchev–Trinajstić information content (AvgIpc) is 3.38. The number of benzene rings is 1. The highest BCUT2D eigenvalue weighted by molar-refractivity contribution is 5.77. The van der Waals surface area contributed by atoms with Gasteiger partial charge in [-0.2, -0.15) is 5.10 Å². The number of carbonyl (C=O) groups is 1. The fourth-order valence-corrected chi connectivity index (χ4v) is 4.46. The number of aryl methyl sites for hydroxylation is 2. The highest BCUT2D eigenvalue weighted by Crippen LogP contribution is 2.31. The zero-order valence-corrected chi connectivity index (χ0v) is 16.7. The van der Waals surface area contributed by atoms with E-state index in [0.29, 0.717) is 26.0 Å². The number of ether oxygens (including phenoxy) is 1. The van der Waals surface area contributed by atoms with Gasteiger partial charge in [0.1, 0.15) is 0 Å². The van der Waals surface area contributed by atoms with E-state index in [1.165, 1.54) is 18.4 Å². The molecule has 0 bridgehead atoms. The van der Waals surface area contributed by atoms with Gasteiger partial charge in [0.05, 0.1) is 18.8 Å². The molecule has 2 atom stereocenters. The zero-order chi connectivity index (χ0) is 19.3. The molecule has 2 fully saturated rings. The Morgan fingerprint density at radius 1 is 1.14 bits per heavy atom. The summed E-state index contributed by atoms with van der Waals surface area (Å²) >= 11 is 0. The molecule has 2 aromatic rings. The van der Waals surface area contributed by atoms with Crippen LogP contribution in [0.1, 0.15) is 36.6 Å². The minimum atomic E-state index is -0.0189. The van der Waals surface area contributed by atoms with Gasteiger partial charge in [0.25, 0.3) is 0 Å². The van der Waals surface area contributed by atoms with Crippen molar-refractivity contribution in [2.45, 2.75) is 37.8 Å². The predicted octanol–water partition coefficient (Wildman–Crippen LogP) is 2.42. The molecule has 0 N–H and O–H groups in total. The predicted molar refractivity (Wildman–Crippen MR) is 108 cm³/mol. The minimum Gasteiger partial charge on any atom is -0.373 e. The van der Waals surface area contributed by atoms with Crippen molar-refractivity contribution in [2.24, 2.45) is 7.05 Å². The Bertz CT molecular complexity index is 770. The molecule has 0 unspecified atom stereocenters. The molecular weight excluding hydrogens is 352 g/mol. The maximum atomic E-state index is 13.2. The summed E-state index contributed by atoms with van der Waals surface area (Å²) in [6.07, 6.45) is 5.54. The summed E-state index contributed by atoms with van der Waals surface area (Å²) in [7, 11) is 1.92. The van der Waals surface area contributed by atoms with Crippen LogP contribution in [-0.2, 0) is 23.0 Å². The van der Waals surface area contributed by atoms with Gasteiger partial charge in [-0.15, -0.1) is 0 Å². The number of hydrogen-bond acceptors (Lipinski definition) is 4. The first-order chi connectivity index (χ1) is 13.7. The molecule has 0 aliphatic carbocycles. The maximum Gasteiger partial charge on any atom is 0.223 e. The molecular formula is C22H30N4O2. The van der Waals surface area contributed by atoms with Crippen LogP contribution in [0, 0.1) is 0 Å². The Hall–Kier alpha value is -2.18. The van der Waals surface area contributed by atoms with E-state index in [2.05, 4.69) is 39.2 Å². The average molecular weight is 383 g/mol. The van der Waals surface area contributed by atoms with Gasteiger partial charge >= 0.3 is 0 Å². The van der Waals surface area contributed by atoms with Crippen LogP contribution in [0.3, 0.4) is 0 Å². The monoisotopic (exact) mass is 382 g/mol. The number of amides is 1. The van der Waals surface area contributed by atoms with Gasteiger partial charge in [-0.05, 0) is 44.0 Å². The van der Waals surface area contributed by atoms with Crippen LogP contribution >= 0.6 is 0 Å². The van der Waals surface area contributed by atoms with Gasteiger partial charge in [-0.3, -0.25) is 9.48 Å². The molecule has 2 aliphatic rings. The normalized spacial score (nSPS) is 23.2. The Morgan fingerprint density at radius 3 is 2.64 bits per heavy atom. The van der Waals surface area contributed by atoms with Crippen LogP contribution in [0.15, 0.2) is 42.6 Å². The van der Waals surface area contributed by atoms with E-state index in [0.717, 1.165) is 25.3 Å². The molecule has 2 saturated heterocycles. The molecule has 1 aromatic heterocycles. The van der Waals surface area contributed by atoms with E-state index >= 15 is 0 Å². The summed E-state index contributed by atoms with van der Waals surface area (Å²) in [5.41, 5.74) is 2.26. The lowest BCUT2D eigenvalue weighted by Gasteiger charge is -2.43. The van der Waals surface area contributed by atoms with Crippen LogP contribution in [0.5, 0.6) is 0 Å². The fraction of sp³-hybridized carbons (Fsp3) is 0.545. The van der Waals surface area contributed by atoms with E-state index in [-0.39, 0.29) is 18.1 Å². The number of morpholine rings is 1. The highest BCUT2D eigenvalue weighted by Gasteiger charge is 2.37. The topological polar surface area (TPSA) is 50.6 Å². The zero-order valence-electron chi connectivity index (χ0n) is 16.7. The van der Waals surface area contributed by atoms with Crippen molar-refractivity contribution in [3.05, 3.63) is 53.9 Å². The molecule has 4 rings (SSSR count). The van der Waals surface area contributed by atoms with Crippen molar-refractivity contribution in [2.75, 3.05) is 32.8 Å². The second-order valence-electron chi connectivity index (χ2n) is 7.81. The lowest BCUT2D eigenvalue weighted by Crippen LogP contribution is -2.51. The van der Waals surface area contributed by atoms with Crippen molar-refractivity contribution >= 4 is 5.91 Å². The summed E-state index contributed by atoms with van der Waals surface area (Å²) in [6, 6.07) is 12.3. The first-order valence-corrected chi connectivity index (χ1v) is 10.4. The van der Waals surface area contributed by atoms with Crippen molar-refractivity contribution in [1.29, 1.82) is 0 Å². The lowest BCUT2D eigenvalue weighted by atomic mass is 9.96. The van der Waals surface area contributed by atoms with Crippen LogP contribution in [0.25, 0.3) is 0 Å². The molecule has 2 aliphatic heterocycles. The van der Waals surface area contributed by atoms with Crippen LogP contribution in [0.4, 0.5) is 0 Å². The van der Waals surface area contributed by atoms with Crippen molar-refractivity contribution in [3.8, 4) is 0 Å². The molecule has 1 amide bonds. The van der Waals surface area contributed by atoms with E-state index in [1.54, 1.807) is 6.20 Å². The molecule has 1 aromatic carbocycles. The smallest absolute Gasteiger partial charge is 0.223 e.